The average molecular weight is 421 g/mol. The Morgan fingerprint density at radius 3 is 2.55 bits per heavy atom. The van der Waals surface area contributed by atoms with Gasteiger partial charge in [-0.15, -0.1) is 0 Å². The van der Waals surface area contributed by atoms with Gasteiger partial charge in [0, 0.05) is 13.1 Å². The molecule has 1 saturated heterocycles. The number of nitrogens with zero attached hydrogens (tertiary/aromatic N) is 1. The summed E-state index contributed by atoms with van der Waals surface area (Å²) in [6, 6.07) is 11.7. The van der Waals surface area contributed by atoms with Crippen LogP contribution in [0.1, 0.15) is 30.1 Å². The number of esters is 1. The number of ether oxygens (including phenoxy) is 2. The van der Waals surface area contributed by atoms with Gasteiger partial charge in [0.1, 0.15) is 13.2 Å². The molecule has 2 aromatic carbocycles. The third-order valence-corrected chi connectivity index (χ3v) is 6.64. The Kier molecular flexibility index (Phi) is 6.87. The van der Waals surface area contributed by atoms with Crippen LogP contribution in [0.25, 0.3) is 0 Å². The van der Waals surface area contributed by atoms with Crippen LogP contribution in [-0.4, -0.2) is 45.0 Å². The molecule has 1 fully saturated rings. The first-order valence-corrected chi connectivity index (χ1v) is 11.0. The van der Waals surface area contributed by atoms with E-state index in [0.717, 1.165) is 12.8 Å². The summed E-state index contributed by atoms with van der Waals surface area (Å²) in [4.78, 5) is 12.3. The molecule has 0 unspecified atom stereocenters. The lowest BCUT2D eigenvalue weighted by molar-refractivity contribution is 0.0448. The minimum atomic E-state index is -3.57. The van der Waals surface area contributed by atoms with Crippen molar-refractivity contribution in [3.8, 4) is 5.75 Å². The van der Waals surface area contributed by atoms with Crippen LogP contribution in [0.2, 0.25) is 0 Å². The Morgan fingerprint density at radius 1 is 1.14 bits per heavy atom. The minimum Gasteiger partial charge on any atom is -0.487 e. The van der Waals surface area contributed by atoms with Gasteiger partial charge in [0.15, 0.2) is 11.6 Å². The molecule has 0 spiro atoms. The number of carbonyl (C=O) groups excluding carboxylic acids is 1. The summed E-state index contributed by atoms with van der Waals surface area (Å²) >= 11 is 0. The number of sulfonamides is 1. The summed E-state index contributed by atoms with van der Waals surface area (Å²) in [5, 5.41) is 0. The molecule has 0 saturated carbocycles. The number of hydrogen-bond donors (Lipinski definition) is 0. The first-order chi connectivity index (χ1) is 13.9. The van der Waals surface area contributed by atoms with Crippen LogP contribution in [0.15, 0.2) is 53.4 Å². The third-order valence-electron chi connectivity index (χ3n) is 4.76. The molecule has 8 heteroatoms. The molecule has 1 aliphatic rings. The Balaban J connectivity index is 1.54. The van der Waals surface area contributed by atoms with Gasteiger partial charge in [-0.05, 0) is 55.2 Å². The molecule has 0 aromatic heterocycles. The highest BCUT2D eigenvalue weighted by atomic mass is 32.2. The molecule has 0 N–H and O–H groups in total. The van der Waals surface area contributed by atoms with E-state index in [2.05, 4.69) is 0 Å². The summed E-state index contributed by atoms with van der Waals surface area (Å²) in [6.45, 7) is 3.01. The van der Waals surface area contributed by atoms with Crippen LogP contribution in [0.4, 0.5) is 4.39 Å². The van der Waals surface area contributed by atoms with Crippen LogP contribution in [0.3, 0.4) is 0 Å². The monoisotopic (exact) mass is 421 g/mol. The number of piperidine rings is 1. The molecule has 3 rings (SSSR count). The van der Waals surface area contributed by atoms with E-state index in [9.17, 15) is 17.6 Å². The Bertz CT molecular complexity index is 946. The first kappa shape index (κ1) is 21.3. The standard InChI is InChI=1S/C21H24FNO5S/c1-16-5-4-12-23(15-16)29(25,26)18-10-8-17(9-11-18)21(24)28-14-13-27-20-7-3-2-6-19(20)22/h2-3,6-11,16H,4-5,12-15H2,1H3/t16-/m1/s1. The van der Waals surface area contributed by atoms with Crippen LogP contribution in [0, 0.1) is 11.7 Å². The average Bonchev–Trinajstić information content (AvgIpc) is 2.72. The number of hydrogen-bond acceptors (Lipinski definition) is 5. The molecule has 0 amide bonds. The molecular formula is C21H24FNO5S. The van der Waals surface area contributed by atoms with Gasteiger partial charge in [0.25, 0.3) is 0 Å². The molecule has 156 valence electrons. The van der Waals surface area contributed by atoms with Gasteiger partial charge in [0.2, 0.25) is 10.0 Å². The number of benzene rings is 2. The maximum absolute atomic E-state index is 13.4. The second kappa shape index (κ2) is 9.37. The lowest BCUT2D eigenvalue weighted by Gasteiger charge is -2.30. The van der Waals surface area contributed by atoms with Gasteiger partial charge in [-0.3, -0.25) is 0 Å². The zero-order chi connectivity index (χ0) is 20.9. The van der Waals surface area contributed by atoms with Gasteiger partial charge >= 0.3 is 5.97 Å². The lowest BCUT2D eigenvalue weighted by Crippen LogP contribution is -2.39. The van der Waals surface area contributed by atoms with Crippen LogP contribution in [-0.2, 0) is 14.8 Å². The fourth-order valence-electron chi connectivity index (χ4n) is 3.21. The molecule has 1 atom stereocenters. The van der Waals surface area contributed by atoms with E-state index in [1.165, 1.54) is 40.7 Å². The second-order valence-electron chi connectivity index (χ2n) is 7.05. The minimum absolute atomic E-state index is 0.00623. The molecule has 1 aliphatic heterocycles. The van der Waals surface area contributed by atoms with Crippen molar-refractivity contribution < 1.29 is 27.1 Å². The molecule has 0 aliphatic carbocycles. The van der Waals surface area contributed by atoms with Gasteiger partial charge in [-0.2, -0.15) is 4.31 Å². The first-order valence-electron chi connectivity index (χ1n) is 9.52. The van der Waals surface area contributed by atoms with Crippen molar-refractivity contribution in [2.45, 2.75) is 24.7 Å². The molecule has 1 heterocycles. The zero-order valence-electron chi connectivity index (χ0n) is 16.2. The quantitative estimate of drug-likeness (QED) is 0.506. The van der Waals surface area contributed by atoms with Gasteiger partial charge in [-0.1, -0.05) is 19.1 Å². The van der Waals surface area contributed by atoms with Crippen LogP contribution in [0.5, 0.6) is 5.75 Å². The van der Waals surface area contributed by atoms with Crippen molar-refractivity contribution in [1.82, 2.24) is 4.31 Å². The predicted molar refractivity (Wildman–Crippen MR) is 106 cm³/mol. The van der Waals surface area contributed by atoms with Crippen molar-refractivity contribution in [3.63, 3.8) is 0 Å². The van der Waals surface area contributed by atoms with E-state index >= 15 is 0 Å². The Morgan fingerprint density at radius 2 is 1.86 bits per heavy atom. The Hall–Kier alpha value is -2.45. The SMILES string of the molecule is C[C@@H]1CCCN(S(=O)(=O)c2ccc(C(=O)OCCOc3ccccc3F)cc2)C1. The van der Waals surface area contributed by atoms with Gasteiger partial charge in [0.05, 0.1) is 10.5 Å². The fourth-order valence-corrected chi connectivity index (χ4v) is 4.81. The van der Waals surface area contributed by atoms with E-state index in [1.807, 2.05) is 6.92 Å². The largest absolute Gasteiger partial charge is 0.487 e. The van der Waals surface area contributed by atoms with E-state index in [4.69, 9.17) is 9.47 Å². The van der Waals surface area contributed by atoms with Crippen molar-refractivity contribution in [2.75, 3.05) is 26.3 Å². The molecular weight excluding hydrogens is 397 g/mol. The van der Waals surface area contributed by atoms with Crippen molar-refractivity contribution >= 4 is 16.0 Å². The van der Waals surface area contributed by atoms with E-state index < -0.39 is 21.8 Å². The summed E-state index contributed by atoms with van der Waals surface area (Å²) in [7, 11) is -3.57. The lowest BCUT2D eigenvalue weighted by atomic mass is 10.0. The number of rotatable bonds is 7. The summed E-state index contributed by atoms with van der Waals surface area (Å²) < 4.78 is 50.8. The molecule has 29 heavy (non-hydrogen) atoms. The smallest absolute Gasteiger partial charge is 0.338 e. The summed E-state index contributed by atoms with van der Waals surface area (Å²) in [5.74, 6) is -0.666. The topological polar surface area (TPSA) is 72.9 Å². The highest BCUT2D eigenvalue weighted by molar-refractivity contribution is 7.89. The van der Waals surface area contributed by atoms with E-state index in [0.29, 0.717) is 19.0 Å². The highest BCUT2D eigenvalue weighted by Crippen LogP contribution is 2.23. The summed E-state index contributed by atoms with van der Waals surface area (Å²) in [5.41, 5.74) is 0.238. The zero-order valence-corrected chi connectivity index (χ0v) is 17.0. The van der Waals surface area contributed by atoms with E-state index in [-0.39, 0.29) is 29.4 Å². The maximum Gasteiger partial charge on any atom is 0.338 e. The Labute approximate surface area is 170 Å². The maximum atomic E-state index is 13.4. The molecule has 0 bridgehead atoms. The molecule has 2 aromatic rings. The molecule has 6 nitrogen and oxygen atoms in total. The van der Waals surface area contributed by atoms with Gasteiger partial charge in [-0.25, -0.2) is 17.6 Å². The van der Waals surface area contributed by atoms with Crippen molar-refractivity contribution in [2.24, 2.45) is 5.92 Å². The second-order valence-corrected chi connectivity index (χ2v) is 8.99. The summed E-state index contributed by atoms with van der Waals surface area (Å²) in [6.07, 6.45) is 1.87. The van der Waals surface area contributed by atoms with Crippen LogP contribution >= 0.6 is 0 Å². The fraction of sp³-hybridized carbons (Fsp3) is 0.381. The third kappa shape index (κ3) is 5.33. The van der Waals surface area contributed by atoms with Crippen molar-refractivity contribution in [1.29, 1.82) is 0 Å². The van der Waals surface area contributed by atoms with Gasteiger partial charge < -0.3 is 9.47 Å². The highest BCUT2D eigenvalue weighted by Gasteiger charge is 2.28. The van der Waals surface area contributed by atoms with Crippen LogP contribution < -0.4 is 4.74 Å². The molecule has 0 radical (unpaired) electrons. The predicted octanol–water partition coefficient (Wildman–Crippen LogP) is 3.48. The van der Waals surface area contributed by atoms with Crippen molar-refractivity contribution in [3.05, 3.63) is 59.9 Å². The number of halogens is 1. The number of carbonyl (C=O) groups is 1. The normalized spacial score (nSPS) is 17.7. The number of para-hydroxylation sites is 1. The van der Waals surface area contributed by atoms with E-state index in [1.54, 1.807) is 12.1 Å².